The molecule has 21 heavy (non-hydrogen) atoms. The van der Waals surface area contributed by atoms with Gasteiger partial charge in [0.1, 0.15) is 0 Å². The number of carbonyl (C=O) groups excluding carboxylic acids is 1. The van der Waals surface area contributed by atoms with Crippen molar-refractivity contribution >= 4 is 28.4 Å². The molecule has 3 atom stereocenters. The number of methoxy groups -OCH3 is 1. The van der Waals surface area contributed by atoms with E-state index < -0.39 is 0 Å². The van der Waals surface area contributed by atoms with Gasteiger partial charge in [-0.15, -0.1) is 0 Å². The number of halogens is 1. The lowest BCUT2D eigenvalue weighted by Gasteiger charge is -2.33. The molecule has 0 saturated heterocycles. The SMILES string of the molecule is CCCCCCCCC(I)C(=O)C1(COC)CCCC1C. The summed E-state index contributed by atoms with van der Waals surface area (Å²) in [5.41, 5.74) is -0.192. The fraction of sp³-hybridized carbons (Fsp3) is 0.944. The Bertz CT molecular complexity index is 306. The van der Waals surface area contributed by atoms with Crippen LogP contribution in [0.2, 0.25) is 0 Å². The minimum atomic E-state index is -0.192. The first-order chi connectivity index (χ1) is 10.1. The molecule has 0 aromatic heterocycles. The third kappa shape index (κ3) is 5.49. The van der Waals surface area contributed by atoms with Crippen molar-refractivity contribution in [1.29, 1.82) is 0 Å². The lowest BCUT2D eigenvalue weighted by molar-refractivity contribution is -0.133. The molecule has 0 N–H and O–H groups in total. The summed E-state index contributed by atoms with van der Waals surface area (Å²) < 4.78 is 5.59. The summed E-state index contributed by atoms with van der Waals surface area (Å²) in [6.07, 6.45) is 12.2. The zero-order valence-corrected chi connectivity index (χ0v) is 16.3. The van der Waals surface area contributed by atoms with E-state index in [9.17, 15) is 4.79 Å². The largest absolute Gasteiger partial charge is 0.384 e. The molecule has 1 aliphatic rings. The highest BCUT2D eigenvalue weighted by atomic mass is 127. The van der Waals surface area contributed by atoms with Gasteiger partial charge in [0, 0.05) is 7.11 Å². The van der Waals surface area contributed by atoms with Crippen LogP contribution in [0.5, 0.6) is 0 Å². The maximum absolute atomic E-state index is 12.9. The zero-order valence-electron chi connectivity index (χ0n) is 14.1. The van der Waals surface area contributed by atoms with Gasteiger partial charge in [0.25, 0.3) is 0 Å². The molecule has 0 aliphatic heterocycles. The van der Waals surface area contributed by atoms with E-state index in [4.69, 9.17) is 4.74 Å². The molecule has 2 nitrogen and oxygen atoms in total. The van der Waals surface area contributed by atoms with E-state index in [-0.39, 0.29) is 9.34 Å². The number of ketones is 1. The Morgan fingerprint density at radius 1 is 1.29 bits per heavy atom. The van der Waals surface area contributed by atoms with Crippen LogP contribution < -0.4 is 0 Å². The number of alkyl halides is 1. The Hall–Kier alpha value is 0.360. The van der Waals surface area contributed by atoms with Gasteiger partial charge < -0.3 is 4.74 Å². The Morgan fingerprint density at radius 2 is 1.95 bits per heavy atom. The van der Waals surface area contributed by atoms with Crippen molar-refractivity contribution in [1.82, 2.24) is 0 Å². The van der Waals surface area contributed by atoms with Gasteiger partial charge in [0.15, 0.2) is 5.78 Å². The van der Waals surface area contributed by atoms with Crippen LogP contribution in [0.1, 0.15) is 78.1 Å². The van der Waals surface area contributed by atoms with E-state index in [1.165, 1.54) is 51.4 Å². The van der Waals surface area contributed by atoms with Crippen LogP contribution in [0.4, 0.5) is 0 Å². The minimum absolute atomic E-state index is 0.171. The molecular formula is C18H33IO2. The first-order valence-electron chi connectivity index (χ1n) is 8.75. The number of ether oxygens (including phenoxy) is 1. The van der Waals surface area contributed by atoms with Crippen molar-refractivity contribution in [2.24, 2.45) is 11.3 Å². The predicted octanol–water partition coefficient (Wildman–Crippen LogP) is 5.56. The normalized spacial score (nSPS) is 27.0. The third-order valence-electron chi connectivity index (χ3n) is 5.19. The standard InChI is InChI=1S/C18H33IO2/c1-4-5-6-7-8-9-12-16(19)17(20)18(14-21-3)13-10-11-15(18)2/h15-16H,4-14H2,1-3H3. The lowest BCUT2D eigenvalue weighted by Crippen LogP contribution is -2.42. The quantitative estimate of drug-likeness (QED) is 0.254. The number of rotatable bonds is 11. The van der Waals surface area contributed by atoms with Gasteiger partial charge in [-0.25, -0.2) is 0 Å². The van der Waals surface area contributed by atoms with Crippen molar-refractivity contribution in [2.45, 2.75) is 82.0 Å². The van der Waals surface area contributed by atoms with Crippen LogP contribution in [0.15, 0.2) is 0 Å². The number of hydrogen-bond acceptors (Lipinski definition) is 2. The summed E-state index contributed by atoms with van der Waals surface area (Å²) in [6.45, 7) is 5.10. The highest BCUT2D eigenvalue weighted by Crippen LogP contribution is 2.46. The second-order valence-corrected chi connectivity index (χ2v) is 8.27. The summed E-state index contributed by atoms with van der Waals surface area (Å²) in [6, 6.07) is 0. The van der Waals surface area contributed by atoms with Gasteiger partial charge in [0.2, 0.25) is 0 Å². The second-order valence-electron chi connectivity index (χ2n) is 6.77. The summed E-state index contributed by atoms with van der Waals surface area (Å²) in [5, 5.41) is 0. The second kappa shape index (κ2) is 10.2. The van der Waals surface area contributed by atoms with Gasteiger partial charge in [0.05, 0.1) is 15.9 Å². The molecule has 1 rings (SSSR count). The molecule has 0 spiro atoms. The summed E-state index contributed by atoms with van der Waals surface area (Å²) in [7, 11) is 1.73. The maximum Gasteiger partial charge on any atom is 0.154 e. The van der Waals surface area contributed by atoms with Crippen molar-refractivity contribution in [3.05, 3.63) is 0 Å². The molecule has 0 radical (unpaired) electrons. The van der Waals surface area contributed by atoms with E-state index >= 15 is 0 Å². The Labute approximate surface area is 144 Å². The average molecular weight is 408 g/mol. The topological polar surface area (TPSA) is 26.3 Å². The van der Waals surface area contributed by atoms with Gasteiger partial charge >= 0.3 is 0 Å². The van der Waals surface area contributed by atoms with Crippen molar-refractivity contribution < 1.29 is 9.53 Å². The van der Waals surface area contributed by atoms with E-state index in [1.807, 2.05) is 0 Å². The highest BCUT2D eigenvalue weighted by molar-refractivity contribution is 14.1. The Balaban J connectivity index is 2.41. The van der Waals surface area contributed by atoms with Crippen LogP contribution in [0.3, 0.4) is 0 Å². The van der Waals surface area contributed by atoms with E-state index in [0.29, 0.717) is 18.3 Å². The minimum Gasteiger partial charge on any atom is -0.384 e. The monoisotopic (exact) mass is 408 g/mol. The van der Waals surface area contributed by atoms with E-state index in [1.54, 1.807) is 7.11 Å². The summed E-state index contributed by atoms with van der Waals surface area (Å²) >= 11 is 2.38. The molecule has 0 aromatic carbocycles. The molecule has 3 unspecified atom stereocenters. The number of Topliss-reactive ketones (excluding diaryl/α,β-unsaturated/α-hetero) is 1. The first kappa shape index (κ1) is 19.4. The van der Waals surface area contributed by atoms with Crippen LogP contribution in [-0.4, -0.2) is 23.4 Å². The van der Waals surface area contributed by atoms with Gasteiger partial charge in [-0.3, -0.25) is 4.79 Å². The predicted molar refractivity (Wildman–Crippen MR) is 98.1 cm³/mol. The molecule has 0 amide bonds. The molecular weight excluding hydrogens is 375 g/mol. The van der Waals surface area contributed by atoms with Crippen LogP contribution in [-0.2, 0) is 9.53 Å². The average Bonchev–Trinajstić information content (AvgIpc) is 2.84. The number of carbonyl (C=O) groups is 1. The third-order valence-corrected chi connectivity index (χ3v) is 6.38. The van der Waals surface area contributed by atoms with Crippen molar-refractivity contribution in [2.75, 3.05) is 13.7 Å². The molecule has 1 saturated carbocycles. The molecule has 3 heteroatoms. The maximum atomic E-state index is 12.9. The fourth-order valence-electron chi connectivity index (χ4n) is 3.70. The van der Waals surface area contributed by atoms with Crippen LogP contribution in [0, 0.1) is 11.3 Å². The first-order valence-corrected chi connectivity index (χ1v) is 10.0. The van der Waals surface area contributed by atoms with Crippen molar-refractivity contribution in [3.8, 4) is 0 Å². The van der Waals surface area contributed by atoms with Crippen LogP contribution >= 0.6 is 22.6 Å². The molecule has 1 fully saturated rings. The fourth-order valence-corrected chi connectivity index (χ4v) is 4.76. The number of unbranched alkanes of at least 4 members (excludes halogenated alkanes) is 5. The van der Waals surface area contributed by atoms with Gasteiger partial charge in [-0.05, 0) is 25.2 Å². The van der Waals surface area contributed by atoms with Crippen LogP contribution in [0.25, 0.3) is 0 Å². The highest BCUT2D eigenvalue weighted by Gasteiger charge is 2.48. The van der Waals surface area contributed by atoms with Gasteiger partial charge in [-0.2, -0.15) is 0 Å². The summed E-state index contributed by atoms with van der Waals surface area (Å²) in [5.74, 6) is 0.940. The Morgan fingerprint density at radius 3 is 2.52 bits per heavy atom. The number of hydrogen-bond donors (Lipinski definition) is 0. The van der Waals surface area contributed by atoms with Crippen molar-refractivity contribution in [3.63, 3.8) is 0 Å². The summed E-state index contributed by atoms with van der Waals surface area (Å²) in [4.78, 5) is 12.9. The smallest absolute Gasteiger partial charge is 0.154 e. The lowest BCUT2D eigenvalue weighted by atomic mass is 9.74. The molecule has 124 valence electrons. The molecule has 0 bridgehead atoms. The molecule has 1 aliphatic carbocycles. The van der Waals surface area contributed by atoms with Gasteiger partial charge in [-0.1, -0.05) is 81.4 Å². The van der Waals surface area contributed by atoms with E-state index in [0.717, 1.165) is 12.8 Å². The van der Waals surface area contributed by atoms with E-state index in [2.05, 4.69) is 36.4 Å². The molecule has 0 aromatic rings. The Kier molecular flexibility index (Phi) is 9.42. The molecule has 0 heterocycles. The zero-order chi connectivity index (χ0) is 15.7.